The first-order chi connectivity index (χ1) is 13.7. The maximum absolute atomic E-state index is 12.7. The van der Waals surface area contributed by atoms with Crippen molar-refractivity contribution in [3.8, 4) is 11.1 Å². The van der Waals surface area contributed by atoms with Gasteiger partial charge in [0, 0.05) is 49.0 Å². The number of rotatable bonds is 4. The number of nitrogens with zero attached hydrogens (tertiary/aromatic N) is 4. The summed E-state index contributed by atoms with van der Waals surface area (Å²) in [4.78, 5) is 27.6. The van der Waals surface area contributed by atoms with Gasteiger partial charge in [0.05, 0.1) is 6.20 Å². The van der Waals surface area contributed by atoms with Gasteiger partial charge in [-0.05, 0) is 55.2 Å². The number of anilines is 1. The van der Waals surface area contributed by atoms with Crippen molar-refractivity contribution in [3.63, 3.8) is 0 Å². The summed E-state index contributed by atoms with van der Waals surface area (Å²) in [6, 6.07) is 11.8. The van der Waals surface area contributed by atoms with Gasteiger partial charge in [-0.3, -0.25) is 14.8 Å². The van der Waals surface area contributed by atoms with Gasteiger partial charge in [0.1, 0.15) is 5.82 Å². The second-order valence-electron chi connectivity index (χ2n) is 7.09. The van der Waals surface area contributed by atoms with Crippen LogP contribution >= 0.6 is 0 Å². The van der Waals surface area contributed by atoms with Gasteiger partial charge in [-0.25, -0.2) is 4.98 Å². The van der Waals surface area contributed by atoms with E-state index in [4.69, 9.17) is 0 Å². The topological polar surface area (TPSA) is 71.0 Å². The normalized spacial score (nSPS) is 16.6. The SMILES string of the molecule is Cc1cc(-c2ccc(C(=O)N[C@@H]3CCCN(c4cnccn4)C3)cc2)ccn1. The molecule has 6 heteroatoms. The maximum atomic E-state index is 12.7. The molecule has 0 unspecified atom stereocenters. The molecular weight excluding hydrogens is 350 g/mol. The third-order valence-electron chi connectivity index (χ3n) is 5.01. The Hall–Kier alpha value is -3.28. The van der Waals surface area contributed by atoms with Crippen LogP contribution in [0.5, 0.6) is 0 Å². The largest absolute Gasteiger partial charge is 0.353 e. The van der Waals surface area contributed by atoms with Crippen molar-refractivity contribution in [1.82, 2.24) is 20.3 Å². The number of amides is 1. The van der Waals surface area contributed by atoms with Crippen LogP contribution in [0.25, 0.3) is 11.1 Å². The second kappa shape index (κ2) is 8.17. The highest BCUT2D eigenvalue weighted by Gasteiger charge is 2.22. The van der Waals surface area contributed by atoms with Crippen LogP contribution in [0.15, 0.2) is 61.2 Å². The number of nitrogens with one attached hydrogen (secondary N) is 1. The van der Waals surface area contributed by atoms with E-state index in [1.54, 1.807) is 24.8 Å². The predicted molar refractivity (Wildman–Crippen MR) is 109 cm³/mol. The Kier molecular flexibility index (Phi) is 5.28. The highest BCUT2D eigenvalue weighted by Crippen LogP contribution is 2.21. The zero-order chi connectivity index (χ0) is 19.3. The van der Waals surface area contributed by atoms with Crippen molar-refractivity contribution < 1.29 is 4.79 Å². The summed E-state index contributed by atoms with van der Waals surface area (Å²) >= 11 is 0. The minimum absolute atomic E-state index is 0.0385. The number of carbonyl (C=O) groups is 1. The Morgan fingerprint density at radius 2 is 1.93 bits per heavy atom. The molecule has 3 heterocycles. The minimum atomic E-state index is -0.0385. The summed E-state index contributed by atoms with van der Waals surface area (Å²) in [5, 5.41) is 3.16. The Morgan fingerprint density at radius 1 is 1.07 bits per heavy atom. The molecule has 0 spiro atoms. The number of benzene rings is 1. The molecule has 1 amide bonds. The molecule has 1 fully saturated rings. The van der Waals surface area contributed by atoms with Crippen LogP contribution in [-0.2, 0) is 0 Å². The number of hydrogen-bond acceptors (Lipinski definition) is 5. The fourth-order valence-corrected chi connectivity index (χ4v) is 3.57. The molecule has 0 aliphatic carbocycles. The minimum Gasteiger partial charge on any atom is -0.353 e. The molecule has 1 aromatic carbocycles. The molecule has 0 radical (unpaired) electrons. The number of pyridine rings is 1. The van der Waals surface area contributed by atoms with E-state index in [-0.39, 0.29) is 11.9 Å². The molecule has 3 aromatic rings. The van der Waals surface area contributed by atoms with E-state index in [1.807, 2.05) is 43.3 Å². The smallest absolute Gasteiger partial charge is 0.251 e. The molecule has 4 rings (SSSR count). The van der Waals surface area contributed by atoms with Gasteiger partial charge in [-0.2, -0.15) is 0 Å². The molecule has 1 saturated heterocycles. The lowest BCUT2D eigenvalue weighted by Gasteiger charge is -2.33. The van der Waals surface area contributed by atoms with Crippen molar-refractivity contribution in [1.29, 1.82) is 0 Å². The summed E-state index contributed by atoms with van der Waals surface area (Å²) in [6.07, 6.45) is 8.92. The van der Waals surface area contributed by atoms with Crippen LogP contribution in [0.4, 0.5) is 5.82 Å². The fraction of sp³-hybridized carbons (Fsp3) is 0.273. The Bertz CT molecular complexity index is 943. The summed E-state index contributed by atoms with van der Waals surface area (Å²) in [7, 11) is 0. The molecule has 142 valence electrons. The van der Waals surface area contributed by atoms with Crippen LogP contribution in [0.2, 0.25) is 0 Å². The second-order valence-corrected chi connectivity index (χ2v) is 7.09. The third-order valence-corrected chi connectivity index (χ3v) is 5.01. The first kappa shape index (κ1) is 18.1. The van der Waals surface area contributed by atoms with E-state index in [1.165, 1.54) is 0 Å². The van der Waals surface area contributed by atoms with Gasteiger partial charge in [-0.1, -0.05) is 12.1 Å². The molecule has 2 aromatic heterocycles. The standard InChI is InChI=1S/C22H23N5O/c1-16-13-19(8-9-24-16)17-4-6-18(7-5-17)22(28)26-20-3-2-12-27(15-20)21-14-23-10-11-25-21/h4-11,13-14,20H,2-3,12,15H2,1H3,(H,26,28)/t20-/m1/s1. The first-order valence-electron chi connectivity index (χ1n) is 9.54. The average molecular weight is 373 g/mol. The molecule has 1 aliphatic heterocycles. The molecule has 1 atom stereocenters. The van der Waals surface area contributed by atoms with Gasteiger partial charge in [0.25, 0.3) is 5.91 Å². The van der Waals surface area contributed by atoms with Gasteiger partial charge in [-0.15, -0.1) is 0 Å². The van der Waals surface area contributed by atoms with E-state index >= 15 is 0 Å². The van der Waals surface area contributed by atoms with Gasteiger partial charge in [0.15, 0.2) is 0 Å². The van der Waals surface area contributed by atoms with E-state index < -0.39 is 0 Å². The van der Waals surface area contributed by atoms with E-state index in [0.29, 0.717) is 5.56 Å². The van der Waals surface area contributed by atoms with Crippen molar-refractivity contribution in [2.75, 3.05) is 18.0 Å². The lowest BCUT2D eigenvalue weighted by atomic mass is 10.0. The van der Waals surface area contributed by atoms with Crippen LogP contribution < -0.4 is 10.2 Å². The van der Waals surface area contributed by atoms with Crippen molar-refractivity contribution in [3.05, 3.63) is 72.4 Å². The quantitative estimate of drug-likeness (QED) is 0.760. The number of hydrogen-bond donors (Lipinski definition) is 1. The molecular formula is C22H23N5O. The Labute approximate surface area is 164 Å². The molecule has 1 aliphatic rings. The van der Waals surface area contributed by atoms with Crippen molar-refractivity contribution >= 4 is 11.7 Å². The Balaban J connectivity index is 1.40. The first-order valence-corrected chi connectivity index (χ1v) is 9.54. The average Bonchev–Trinajstić information content (AvgIpc) is 2.75. The number of carbonyl (C=O) groups excluding carboxylic acids is 1. The van der Waals surface area contributed by atoms with Crippen LogP contribution in [0, 0.1) is 6.92 Å². The van der Waals surface area contributed by atoms with Crippen LogP contribution in [-0.4, -0.2) is 40.0 Å². The third kappa shape index (κ3) is 4.17. The lowest BCUT2D eigenvalue weighted by Crippen LogP contribution is -2.48. The Morgan fingerprint density at radius 3 is 2.68 bits per heavy atom. The van der Waals surface area contributed by atoms with Crippen molar-refractivity contribution in [2.45, 2.75) is 25.8 Å². The highest BCUT2D eigenvalue weighted by atomic mass is 16.1. The lowest BCUT2D eigenvalue weighted by molar-refractivity contribution is 0.0933. The number of aryl methyl sites for hydroxylation is 1. The van der Waals surface area contributed by atoms with Gasteiger partial charge >= 0.3 is 0 Å². The molecule has 6 nitrogen and oxygen atoms in total. The van der Waals surface area contributed by atoms with Gasteiger partial charge in [0.2, 0.25) is 0 Å². The van der Waals surface area contributed by atoms with Crippen LogP contribution in [0.1, 0.15) is 28.9 Å². The summed E-state index contributed by atoms with van der Waals surface area (Å²) in [5.41, 5.74) is 3.83. The van der Waals surface area contributed by atoms with Crippen LogP contribution in [0.3, 0.4) is 0 Å². The number of piperidine rings is 1. The van der Waals surface area contributed by atoms with E-state index in [0.717, 1.165) is 48.6 Å². The summed E-state index contributed by atoms with van der Waals surface area (Å²) in [5.74, 6) is 0.821. The van der Waals surface area contributed by atoms with Gasteiger partial charge < -0.3 is 10.2 Å². The monoisotopic (exact) mass is 373 g/mol. The number of aromatic nitrogens is 3. The zero-order valence-electron chi connectivity index (χ0n) is 15.9. The summed E-state index contributed by atoms with van der Waals surface area (Å²) < 4.78 is 0. The predicted octanol–water partition coefficient (Wildman–Crippen LogP) is 3.25. The zero-order valence-corrected chi connectivity index (χ0v) is 15.9. The molecule has 1 N–H and O–H groups in total. The summed E-state index contributed by atoms with van der Waals surface area (Å²) in [6.45, 7) is 3.66. The molecule has 0 saturated carbocycles. The fourth-order valence-electron chi connectivity index (χ4n) is 3.57. The van der Waals surface area contributed by atoms with Crippen molar-refractivity contribution in [2.24, 2.45) is 0 Å². The van der Waals surface area contributed by atoms with E-state index in [2.05, 4.69) is 25.2 Å². The van der Waals surface area contributed by atoms with E-state index in [9.17, 15) is 4.79 Å². The highest BCUT2D eigenvalue weighted by molar-refractivity contribution is 5.95. The maximum Gasteiger partial charge on any atom is 0.251 e. The molecule has 0 bridgehead atoms. The molecule has 28 heavy (non-hydrogen) atoms.